The van der Waals surface area contributed by atoms with Gasteiger partial charge in [0.2, 0.25) is 5.91 Å². The van der Waals surface area contributed by atoms with Crippen LogP contribution >= 0.6 is 0 Å². The van der Waals surface area contributed by atoms with Crippen LogP contribution in [0.3, 0.4) is 0 Å². The zero-order chi connectivity index (χ0) is 27.3. The van der Waals surface area contributed by atoms with E-state index in [2.05, 4.69) is 19.2 Å². The number of ether oxygens (including phenoxy) is 1. The van der Waals surface area contributed by atoms with Gasteiger partial charge >= 0.3 is 5.97 Å². The first kappa shape index (κ1) is 29.3. The van der Waals surface area contributed by atoms with Gasteiger partial charge in [-0.25, -0.2) is 0 Å². The van der Waals surface area contributed by atoms with Crippen LogP contribution in [0.2, 0.25) is 0 Å². The second-order valence-corrected chi connectivity index (χ2v) is 13.6. The van der Waals surface area contributed by atoms with Crippen LogP contribution in [0.15, 0.2) is 11.6 Å². The van der Waals surface area contributed by atoms with Gasteiger partial charge in [0.1, 0.15) is 6.10 Å². The van der Waals surface area contributed by atoms with Crippen molar-refractivity contribution < 1.29 is 19.1 Å². The predicted octanol–water partition coefficient (Wildman–Crippen LogP) is 7.32. The van der Waals surface area contributed by atoms with E-state index in [1.54, 1.807) is 14.0 Å². The van der Waals surface area contributed by atoms with Crippen molar-refractivity contribution in [3.05, 3.63) is 11.6 Å². The number of nitrogens with one attached hydrogen (secondary N) is 1. The van der Waals surface area contributed by atoms with Gasteiger partial charge in [0.15, 0.2) is 5.78 Å². The van der Waals surface area contributed by atoms with Crippen LogP contribution in [0.5, 0.6) is 0 Å². The number of unbranched alkanes of at least 4 members (excludes halogenated alkanes) is 7. The summed E-state index contributed by atoms with van der Waals surface area (Å²) in [5.74, 6) is 2.98. The highest BCUT2D eigenvalue weighted by atomic mass is 16.5. The number of carbonyl (C=O) groups excluding carboxylic acids is 3. The van der Waals surface area contributed by atoms with E-state index in [0.29, 0.717) is 42.3 Å². The Bertz CT molecular complexity index is 895. The number of rotatable bonds is 12. The average molecular weight is 528 g/mol. The molecule has 38 heavy (non-hydrogen) atoms. The second-order valence-electron chi connectivity index (χ2n) is 13.6. The highest BCUT2D eigenvalue weighted by Gasteiger charge is 2.61. The molecule has 4 rings (SSSR count). The lowest BCUT2D eigenvalue weighted by Gasteiger charge is -2.60. The van der Waals surface area contributed by atoms with Crippen LogP contribution in [0.4, 0.5) is 0 Å². The molecule has 4 aliphatic rings. The molecular weight excluding hydrogens is 474 g/mol. The minimum absolute atomic E-state index is 0.0700. The second kappa shape index (κ2) is 12.7. The zero-order valence-corrected chi connectivity index (χ0v) is 24.6. The SMILES string of the molecule is CNC(=O)CCCCCCCCCC[C@@H]1CC2=CC(=O)CC[C@]2(C)C2CC[C@@]3(C)C(CC[C@@H]3OC(C)=O)C21. The summed E-state index contributed by atoms with van der Waals surface area (Å²) in [7, 11) is 1.71. The number of ketones is 1. The molecule has 1 amide bonds. The standard InChI is InChI=1S/C33H53NO4/c1-23(35)38-29-16-15-27-31-24(13-11-9-7-5-6-8-10-12-14-30(37)34-4)21-25-22-26(36)17-19-32(25,2)28(31)18-20-33(27,29)3/h22,24,27-29,31H,5-21H2,1-4H3,(H,34,37)/t24-,27?,28?,29+,31?,32+,33+/m1/s1. The van der Waals surface area contributed by atoms with Gasteiger partial charge in [-0.15, -0.1) is 0 Å². The molecule has 3 unspecified atom stereocenters. The van der Waals surface area contributed by atoms with Gasteiger partial charge in [0.05, 0.1) is 0 Å². The molecule has 214 valence electrons. The lowest BCUT2D eigenvalue weighted by atomic mass is 9.44. The van der Waals surface area contributed by atoms with Crippen molar-refractivity contribution in [3.8, 4) is 0 Å². The van der Waals surface area contributed by atoms with Gasteiger partial charge in [-0.2, -0.15) is 0 Å². The van der Waals surface area contributed by atoms with Gasteiger partial charge in [-0.05, 0) is 86.5 Å². The van der Waals surface area contributed by atoms with Crippen molar-refractivity contribution in [2.24, 2.45) is 34.5 Å². The summed E-state index contributed by atoms with van der Waals surface area (Å²) in [5, 5.41) is 2.70. The van der Waals surface area contributed by atoms with E-state index in [1.807, 2.05) is 6.08 Å². The van der Waals surface area contributed by atoms with Crippen LogP contribution in [-0.4, -0.2) is 30.8 Å². The number of amides is 1. The average Bonchev–Trinajstić information content (AvgIpc) is 3.21. The molecule has 0 aromatic carbocycles. The molecule has 0 heterocycles. The number of hydrogen-bond donors (Lipinski definition) is 1. The summed E-state index contributed by atoms with van der Waals surface area (Å²) in [6, 6.07) is 0. The summed E-state index contributed by atoms with van der Waals surface area (Å²) >= 11 is 0. The number of allylic oxidation sites excluding steroid dienone is 1. The number of hydrogen-bond acceptors (Lipinski definition) is 4. The molecular formula is C33H53NO4. The topological polar surface area (TPSA) is 72.5 Å². The third-order valence-electron chi connectivity index (χ3n) is 11.4. The third kappa shape index (κ3) is 6.22. The van der Waals surface area contributed by atoms with Gasteiger partial charge in [-0.1, -0.05) is 64.4 Å². The summed E-state index contributed by atoms with van der Waals surface area (Å²) in [4.78, 5) is 35.7. The molecule has 7 atom stereocenters. The van der Waals surface area contributed by atoms with Crippen LogP contribution in [0.25, 0.3) is 0 Å². The molecule has 0 saturated heterocycles. The van der Waals surface area contributed by atoms with E-state index in [-0.39, 0.29) is 28.8 Å². The van der Waals surface area contributed by atoms with Crippen molar-refractivity contribution in [2.75, 3.05) is 7.05 Å². The maximum absolute atomic E-state index is 12.4. The molecule has 4 aliphatic carbocycles. The first-order chi connectivity index (χ1) is 18.2. The molecule has 0 aliphatic heterocycles. The maximum Gasteiger partial charge on any atom is 0.302 e. The van der Waals surface area contributed by atoms with Crippen molar-refractivity contribution in [2.45, 2.75) is 136 Å². The van der Waals surface area contributed by atoms with Crippen LogP contribution in [0.1, 0.15) is 130 Å². The first-order valence-corrected chi connectivity index (χ1v) is 15.8. The van der Waals surface area contributed by atoms with Gasteiger partial charge in [0.25, 0.3) is 0 Å². The molecule has 0 radical (unpaired) electrons. The molecule has 0 aromatic heterocycles. The van der Waals surface area contributed by atoms with Crippen LogP contribution < -0.4 is 5.32 Å². The molecule has 5 nitrogen and oxygen atoms in total. The summed E-state index contributed by atoms with van der Waals surface area (Å²) in [5.41, 5.74) is 1.73. The quantitative estimate of drug-likeness (QED) is 0.213. The minimum atomic E-state index is -0.131. The van der Waals surface area contributed by atoms with Crippen molar-refractivity contribution >= 4 is 17.7 Å². The van der Waals surface area contributed by atoms with E-state index < -0.39 is 0 Å². The molecule has 0 bridgehead atoms. The van der Waals surface area contributed by atoms with E-state index in [4.69, 9.17) is 4.74 Å². The third-order valence-corrected chi connectivity index (χ3v) is 11.4. The summed E-state index contributed by atoms with van der Waals surface area (Å²) in [6.07, 6.45) is 21.2. The molecule has 0 aromatic rings. The number of carbonyl (C=O) groups is 3. The smallest absolute Gasteiger partial charge is 0.302 e. The largest absolute Gasteiger partial charge is 0.462 e. The van der Waals surface area contributed by atoms with E-state index in [9.17, 15) is 14.4 Å². The fourth-order valence-corrected chi connectivity index (χ4v) is 9.22. The Labute approximate surface area is 231 Å². The lowest BCUT2D eigenvalue weighted by molar-refractivity contribution is -0.159. The van der Waals surface area contributed by atoms with Crippen LogP contribution in [-0.2, 0) is 19.1 Å². The normalized spacial score (nSPS) is 36.1. The van der Waals surface area contributed by atoms with Crippen molar-refractivity contribution in [1.29, 1.82) is 0 Å². The fourth-order valence-electron chi connectivity index (χ4n) is 9.22. The Morgan fingerprint density at radius 1 is 0.947 bits per heavy atom. The monoisotopic (exact) mass is 527 g/mol. The van der Waals surface area contributed by atoms with E-state index in [0.717, 1.165) is 38.5 Å². The fraction of sp³-hybridized carbons (Fsp3) is 0.848. The van der Waals surface area contributed by atoms with E-state index >= 15 is 0 Å². The number of fused-ring (bicyclic) bond motifs is 5. The van der Waals surface area contributed by atoms with Gasteiger partial charge in [0, 0.05) is 32.2 Å². The lowest BCUT2D eigenvalue weighted by Crippen LogP contribution is -2.54. The minimum Gasteiger partial charge on any atom is -0.462 e. The Morgan fingerprint density at radius 3 is 2.32 bits per heavy atom. The van der Waals surface area contributed by atoms with Gasteiger partial charge < -0.3 is 10.1 Å². The molecule has 5 heteroatoms. The Kier molecular flexibility index (Phi) is 9.79. The molecule has 3 fully saturated rings. The Morgan fingerprint density at radius 2 is 1.63 bits per heavy atom. The summed E-state index contributed by atoms with van der Waals surface area (Å²) in [6.45, 7) is 6.45. The van der Waals surface area contributed by atoms with Gasteiger partial charge in [-0.3, -0.25) is 14.4 Å². The zero-order valence-electron chi connectivity index (χ0n) is 24.6. The van der Waals surface area contributed by atoms with Crippen molar-refractivity contribution in [1.82, 2.24) is 5.32 Å². The molecule has 0 spiro atoms. The van der Waals surface area contributed by atoms with Crippen molar-refractivity contribution in [3.63, 3.8) is 0 Å². The number of esters is 1. The Balaban J connectivity index is 1.34. The summed E-state index contributed by atoms with van der Waals surface area (Å²) < 4.78 is 5.91. The van der Waals surface area contributed by atoms with Crippen LogP contribution in [0, 0.1) is 34.5 Å². The Hall–Kier alpha value is -1.65. The highest BCUT2D eigenvalue weighted by molar-refractivity contribution is 5.91. The predicted molar refractivity (Wildman–Crippen MR) is 151 cm³/mol. The molecule has 1 N–H and O–H groups in total. The van der Waals surface area contributed by atoms with E-state index in [1.165, 1.54) is 63.4 Å². The highest BCUT2D eigenvalue weighted by Crippen LogP contribution is 2.67. The maximum atomic E-state index is 12.4. The first-order valence-electron chi connectivity index (χ1n) is 15.8. The molecule has 3 saturated carbocycles.